The number of amides is 1. The molecule has 4 rings (SSSR count). The quantitative estimate of drug-likeness (QED) is 0.622. The maximum Gasteiger partial charge on any atom is 0.244 e. The van der Waals surface area contributed by atoms with Crippen LogP contribution in [0.1, 0.15) is 22.3 Å². The van der Waals surface area contributed by atoms with E-state index in [1.165, 1.54) is 12.1 Å². The number of nitrogens with one attached hydrogen (secondary N) is 1. The number of phenols is 2. The number of hydrogen-bond donors (Lipinski definition) is 3. The van der Waals surface area contributed by atoms with E-state index >= 15 is 0 Å². The summed E-state index contributed by atoms with van der Waals surface area (Å²) in [5, 5.41) is 22.8. The van der Waals surface area contributed by atoms with E-state index in [0.29, 0.717) is 11.3 Å². The van der Waals surface area contributed by atoms with Crippen LogP contribution in [0.25, 0.3) is 0 Å². The zero-order valence-electron chi connectivity index (χ0n) is 15.0. The number of anilines is 1. The summed E-state index contributed by atoms with van der Waals surface area (Å²) in [6, 6.07) is 17.6. The molecular weight excluding hydrogens is 342 g/mol. The lowest BCUT2D eigenvalue weighted by molar-refractivity contribution is -0.118. The van der Waals surface area contributed by atoms with Crippen LogP contribution in [-0.4, -0.2) is 23.2 Å². The van der Waals surface area contributed by atoms with Crippen LogP contribution in [-0.2, 0) is 10.2 Å². The normalized spacial score (nSPS) is 18.1. The Bertz CT molecular complexity index is 1040. The molecule has 1 aliphatic heterocycles. The Morgan fingerprint density at radius 3 is 2.30 bits per heavy atom. The third kappa shape index (κ3) is 2.35. The minimum absolute atomic E-state index is 0.206. The van der Waals surface area contributed by atoms with Gasteiger partial charge >= 0.3 is 0 Å². The highest BCUT2D eigenvalue weighted by Crippen LogP contribution is 2.50. The second-order valence-corrected chi connectivity index (χ2v) is 6.63. The molecule has 0 aliphatic carbocycles. The molecule has 136 valence electrons. The molecule has 1 amide bonds. The second-order valence-electron chi connectivity index (χ2n) is 6.63. The fraction of sp³-hybridized carbons (Fsp3) is 0.136. The molecule has 3 N–H and O–H groups in total. The van der Waals surface area contributed by atoms with Gasteiger partial charge in [0.1, 0.15) is 11.2 Å². The van der Waals surface area contributed by atoms with Gasteiger partial charge in [0.25, 0.3) is 0 Å². The summed E-state index contributed by atoms with van der Waals surface area (Å²) in [6.07, 6.45) is 0. The summed E-state index contributed by atoms with van der Waals surface area (Å²) in [6.45, 7) is 1.94. The highest BCUT2D eigenvalue weighted by atomic mass is 16.5. The number of carbonyl (C=O) groups is 1. The van der Waals surface area contributed by atoms with E-state index in [2.05, 4.69) is 5.32 Å². The molecule has 27 heavy (non-hydrogen) atoms. The SMILES string of the molecule is COc1ccc(C2(c3ccc(O)c(O)c3)C(=O)Nc3c(C)cccc32)cc1. The maximum absolute atomic E-state index is 13.4. The van der Waals surface area contributed by atoms with E-state index < -0.39 is 5.41 Å². The summed E-state index contributed by atoms with van der Waals surface area (Å²) in [5.74, 6) is -0.0202. The number of aryl methyl sites for hydroxylation is 1. The molecule has 3 aromatic rings. The topological polar surface area (TPSA) is 78.8 Å². The van der Waals surface area contributed by atoms with E-state index in [1.807, 2.05) is 37.3 Å². The van der Waals surface area contributed by atoms with Crippen LogP contribution >= 0.6 is 0 Å². The van der Waals surface area contributed by atoms with Gasteiger partial charge in [-0.1, -0.05) is 36.4 Å². The van der Waals surface area contributed by atoms with E-state index in [0.717, 1.165) is 22.4 Å². The first-order chi connectivity index (χ1) is 13.0. The predicted molar refractivity (Wildman–Crippen MR) is 102 cm³/mol. The van der Waals surface area contributed by atoms with Gasteiger partial charge in [-0.15, -0.1) is 0 Å². The molecule has 0 bridgehead atoms. The second kappa shape index (κ2) is 6.06. The number of phenolic OH excluding ortho intramolecular Hbond substituents is 2. The van der Waals surface area contributed by atoms with Crippen molar-refractivity contribution in [2.24, 2.45) is 0 Å². The minimum Gasteiger partial charge on any atom is -0.504 e. The van der Waals surface area contributed by atoms with Gasteiger partial charge in [0.05, 0.1) is 7.11 Å². The molecule has 5 nitrogen and oxygen atoms in total. The van der Waals surface area contributed by atoms with Gasteiger partial charge in [-0.25, -0.2) is 0 Å². The average Bonchev–Trinajstić information content (AvgIpc) is 2.98. The molecule has 1 unspecified atom stereocenters. The van der Waals surface area contributed by atoms with E-state index in [9.17, 15) is 15.0 Å². The molecule has 0 fully saturated rings. The van der Waals surface area contributed by atoms with Gasteiger partial charge < -0.3 is 20.3 Å². The fourth-order valence-corrected chi connectivity index (χ4v) is 3.81. The highest BCUT2D eigenvalue weighted by molar-refractivity contribution is 6.12. The Kier molecular flexibility index (Phi) is 3.81. The van der Waals surface area contributed by atoms with E-state index in [-0.39, 0.29) is 17.4 Å². The summed E-state index contributed by atoms with van der Waals surface area (Å²) in [4.78, 5) is 13.4. The van der Waals surface area contributed by atoms with Gasteiger partial charge in [-0.2, -0.15) is 0 Å². The van der Waals surface area contributed by atoms with Crippen molar-refractivity contribution < 1.29 is 19.7 Å². The maximum atomic E-state index is 13.4. The number of ether oxygens (including phenoxy) is 1. The Morgan fingerprint density at radius 2 is 1.63 bits per heavy atom. The zero-order chi connectivity index (χ0) is 19.2. The highest BCUT2D eigenvalue weighted by Gasteiger charge is 2.50. The molecular formula is C22H19NO4. The van der Waals surface area contributed by atoms with Crippen LogP contribution in [0.4, 0.5) is 5.69 Å². The van der Waals surface area contributed by atoms with Crippen LogP contribution < -0.4 is 10.1 Å². The minimum atomic E-state index is -1.14. The molecule has 1 aliphatic rings. The van der Waals surface area contributed by atoms with Crippen LogP contribution in [0, 0.1) is 6.92 Å². The third-order valence-electron chi connectivity index (χ3n) is 5.19. The molecule has 0 saturated carbocycles. The molecule has 1 atom stereocenters. The fourth-order valence-electron chi connectivity index (χ4n) is 3.81. The third-order valence-corrected chi connectivity index (χ3v) is 5.19. The molecule has 0 radical (unpaired) electrons. The molecule has 0 saturated heterocycles. The Labute approximate surface area is 156 Å². The van der Waals surface area contributed by atoms with Gasteiger partial charge in [0.2, 0.25) is 5.91 Å². The molecule has 0 spiro atoms. The van der Waals surface area contributed by atoms with Gasteiger partial charge in [0.15, 0.2) is 11.5 Å². The van der Waals surface area contributed by atoms with Crippen molar-refractivity contribution in [3.05, 3.63) is 82.9 Å². The lowest BCUT2D eigenvalue weighted by Crippen LogP contribution is -2.36. The van der Waals surface area contributed by atoms with Crippen molar-refractivity contribution in [1.82, 2.24) is 0 Å². The molecule has 5 heteroatoms. The summed E-state index contributed by atoms with van der Waals surface area (Å²) < 4.78 is 5.25. The number of hydrogen-bond acceptors (Lipinski definition) is 4. The van der Waals surface area contributed by atoms with Crippen molar-refractivity contribution in [2.45, 2.75) is 12.3 Å². The molecule has 0 aromatic heterocycles. The number of fused-ring (bicyclic) bond motifs is 1. The van der Waals surface area contributed by atoms with Crippen molar-refractivity contribution in [1.29, 1.82) is 0 Å². The Hall–Kier alpha value is -3.47. The lowest BCUT2D eigenvalue weighted by atomic mass is 9.70. The lowest BCUT2D eigenvalue weighted by Gasteiger charge is -2.29. The van der Waals surface area contributed by atoms with Crippen molar-refractivity contribution in [3.63, 3.8) is 0 Å². The van der Waals surface area contributed by atoms with Gasteiger partial charge in [-0.05, 0) is 47.9 Å². The van der Waals surface area contributed by atoms with Gasteiger partial charge in [0, 0.05) is 11.3 Å². The summed E-state index contributed by atoms with van der Waals surface area (Å²) >= 11 is 0. The van der Waals surface area contributed by atoms with Crippen LogP contribution in [0.3, 0.4) is 0 Å². The number of benzene rings is 3. The first kappa shape index (κ1) is 17.0. The van der Waals surface area contributed by atoms with Crippen LogP contribution in [0.5, 0.6) is 17.2 Å². The Balaban J connectivity index is 2.06. The number of aromatic hydroxyl groups is 2. The van der Waals surface area contributed by atoms with Crippen molar-refractivity contribution >= 4 is 11.6 Å². The molecule has 3 aromatic carbocycles. The van der Waals surface area contributed by atoms with Crippen molar-refractivity contribution in [3.8, 4) is 17.2 Å². The Morgan fingerprint density at radius 1 is 0.926 bits per heavy atom. The zero-order valence-corrected chi connectivity index (χ0v) is 15.0. The van der Waals surface area contributed by atoms with E-state index in [1.54, 1.807) is 25.3 Å². The number of para-hydroxylation sites is 1. The number of rotatable bonds is 3. The van der Waals surface area contributed by atoms with Crippen LogP contribution in [0.15, 0.2) is 60.7 Å². The molecule has 1 heterocycles. The smallest absolute Gasteiger partial charge is 0.244 e. The number of carbonyl (C=O) groups excluding carboxylic acids is 1. The standard InChI is InChI=1S/C22H19NO4/c1-13-4-3-5-17-20(13)23-21(26)22(17,14-6-9-16(27-2)10-7-14)15-8-11-18(24)19(25)12-15/h3-12,24-25H,1-2H3,(H,23,26). The number of methoxy groups -OCH3 is 1. The summed E-state index contributed by atoms with van der Waals surface area (Å²) in [7, 11) is 1.59. The first-order valence-corrected chi connectivity index (χ1v) is 8.57. The van der Waals surface area contributed by atoms with E-state index in [4.69, 9.17) is 4.74 Å². The average molecular weight is 361 g/mol. The first-order valence-electron chi connectivity index (χ1n) is 8.57. The summed E-state index contributed by atoms with van der Waals surface area (Å²) in [5.41, 5.74) is 2.71. The largest absolute Gasteiger partial charge is 0.504 e. The van der Waals surface area contributed by atoms with Crippen molar-refractivity contribution in [2.75, 3.05) is 12.4 Å². The predicted octanol–water partition coefficient (Wildman–Crippen LogP) is 3.70. The van der Waals surface area contributed by atoms with Gasteiger partial charge in [-0.3, -0.25) is 4.79 Å². The monoisotopic (exact) mass is 361 g/mol. The van der Waals surface area contributed by atoms with Crippen LogP contribution in [0.2, 0.25) is 0 Å².